The number of aryl methyl sites for hydroxylation is 2. The van der Waals surface area contributed by atoms with E-state index < -0.39 is 0 Å². The quantitative estimate of drug-likeness (QED) is 0.901. The number of nitrogens with one attached hydrogen (secondary N) is 1. The first-order valence-corrected chi connectivity index (χ1v) is 7.17. The summed E-state index contributed by atoms with van der Waals surface area (Å²) >= 11 is 3.41. The molecule has 0 aliphatic rings. The number of benzene rings is 1. The zero-order valence-electron chi connectivity index (χ0n) is 11.1. The number of rotatable bonds is 5. The molecular formula is C14H17BrFN3. The Morgan fingerprint density at radius 2 is 2.11 bits per heavy atom. The summed E-state index contributed by atoms with van der Waals surface area (Å²) in [6, 6.07) is 6.70. The SMILES string of the molecule is CCc1cc(CNc2cc(F)ccc2Br)n(CC)n1. The van der Waals surface area contributed by atoms with Crippen LogP contribution in [0.5, 0.6) is 0 Å². The van der Waals surface area contributed by atoms with Gasteiger partial charge in [0.25, 0.3) is 0 Å². The third-order valence-corrected chi connectivity index (χ3v) is 3.66. The molecular weight excluding hydrogens is 309 g/mol. The highest BCUT2D eigenvalue weighted by Gasteiger charge is 2.07. The molecule has 0 amide bonds. The van der Waals surface area contributed by atoms with Gasteiger partial charge in [-0.1, -0.05) is 6.92 Å². The van der Waals surface area contributed by atoms with Gasteiger partial charge < -0.3 is 5.32 Å². The van der Waals surface area contributed by atoms with Crippen molar-refractivity contribution in [3.63, 3.8) is 0 Å². The van der Waals surface area contributed by atoms with E-state index >= 15 is 0 Å². The molecule has 2 aromatic rings. The van der Waals surface area contributed by atoms with Crippen LogP contribution in [0, 0.1) is 5.82 Å². The maximum absolute atomic E-state index is 13.2. The van der Waals surface area contributed by atoms with Gasteiger partial charge in [0.1, 0.15) is 5.82 Å². The lowest BCUT2D eigenvalue weighted by Crippen LogP contribution is -2.08. The summed E-state index contributed by atoms with van der Waals surface area (Å²) in [5.74, 6) is -0.246. The van der Waals surface area contributed by atoms with E-state index in [4.69, 9.17) is 0 Å². The van der Waals surface area contributed by atoms with Gasteiger partial charge in [0.2, 0.25) is 0 Å². The van der Waals surface area contributed by atoms with Crippen molar-refractivity contribution in [1.29, 1.82) is 0 Å². The number of halogens is 2. The molecule has 2 rings (SSSR count). The van der Waals surface area contributed by atoms with Crippen molar-refractivity contribution in [3.8, 4) is 0 Å². The average Bonchev–Trinajstić information content (AvgIpc) is 2.82. The molecule has 102 valence electrons. The summed E-state index contributed by atoms with van der Waals surface area (Å²) in [5.41, 5.74) is 2.94. The van der Waals surface area contributed by atoms with Gasteiger partial charge in [0.05, 0.1) is 23.6 Å². The zero-order valence-corrected chi connectivity index (χ0v) is 12.7. The molecule has 0 aliphatic heterocycles. The molecule has 0 aliphatic carbocycles. The van der Waals surface area contributed by atoms with Crippen molar-refractivity contribution in [2.24, 2.45) is 0 Å². The molecule has 1 aromatic heterocycles. The van der Waals surface area contributed by atoms with Crippen LogP contribution in [0.4, 0.5) is 10.1 Å². The van der Waals surface area contributed by atoms with E-state index in [1.54, 1.807) is 6.07 Å². The second kappa shape index (κ2) is 6.19. The molecule has 5 heteroatoms. The molecule has 0 fully saturated rings. The lowest BCUT2D eigenvalue weighted by molar-refractivity contribution is 0.618. The molecule has 1 heterocycles. The van der Waals surface area contributed by atoms with Crippen LogP contribution in [-0.2, 0) is 19.5 Å². The summed E-state index contributed by atoms with van der Waals surface area (Å²) in [6.45, 7) is 5.61. The lowest BCUT2D eigenvalue weighted by Gasteiger charge is -2.09. The monoisotopic (exact) mass is 325 g/mol. The Bertz CT molecular complexity index is 566. The van der Waals surface area contributed by atoms with Crippen molar-refractivity contribution in [3.05, 3.63) is 45.9 Å². The summed E-state index contributed by atoms with van der Waals surface area (Å²) in [5, 5.41) is 7.72. The smallest absolute Gasteiger partial charge is 0.125 e. The van der Waals surface area contributed by atoms with Gasteiger partial charge in [-0.05, 0) is 53.5 Å². The predicted octanol–water partition coefficient (Wildman–Crippen LogP) is 3.98. The van der Waals surface area contributed by atoms with Crippen molar-refractivity contribution < 1.29 is 4.39 Å². The Morgan fingerprint density at radius 3 is 2.79 bits per heavy atom. The third kappa shape index (κ3) is 3.35. The molecule has 0 saturated heterocycles. The van der Waals surface area contributed by atoms with Crippen LogP contribution in [0.3, 0.4) is 0 Å². The minimum absolute atomic E-state index is 0.246. The molecule has 3 nitrogen and oxygen atoms in total. The van der Waals surface area contributed by atoms with E-state index in [0.29, 0.717) is 6.54 Å². The van der Waals surface area contributed by atoms with Crippen molar-refractivity contribution >= 4 is 21.6 Å². The van der Waals surface area contributed by atoms with Crippen LogP contribution < -0.4 is 5.32 Å². The van der Waals surface area contributed by atoms with Crippen LogP contribution in [0.25, 0.3) is 0 Å². The number of hydrogen-bond donors (Lipinski definition) is 1. The van der Waals surface area contributed by atoms with Gasteiger partial charge in [-0.2, -0.15) is 5.10 Å². The molecule has 0 saturated carbocycles. The molecule has 0 atom stereocenters. The second-order valence-electron chi connectivity index (χ2n) is 4.27. The van der Waals surface area contributed by atoms with E-state index in [2.05, 4.69) is 46.3 Å². The first kappa shape index (κ1) is 14.1. The van der Waals surface area contributed by atoms with Gasteiger partial charge in [-0.25, -0.2) is 4.39 Å². The standard InChI is InChI=1S/C14H17BrFN3/c1-3-11-8-12(19(4-2)18-11)9-17-14-7-10(16)5-6-13(14)15/h5-8,17H,3-4,9H2,1-2H3. The Hall–Kier alpha value is -1.36. The van der Waals surface area contributed by atoms with Crippen LogP contribution in [0.2, 0.25) is 0 Å². The summed E-state index contributed by atoms with van der Waals surface area (Å²) in [6.07, 6.45) is 0.920. The van der Waals surface area contributed by atoms with Gasteiger partial charge in [0, 0.05) is 11.0 Å². The number of nitrogens with zero attached hydrogens (tertiary/aromatic N) is 2. The van der Waals surface area contributed by atoms with Crippen LogP contribution in [0.15, 0.2) is 28.7 Å². The lowest BCUT2D eigenvalue weighted by atomic mass is 10.2. The van der Waals surface area contributed by atoms with Gasteiger partial charge in [-0.3, -0.25) is 4.68 Å². The molecule has 19 heavy (non-hydrogen) atoms. The molecule has 0 bridgehead atoms. The highest BCUT2D eigenvalue weighted by Crippen LogP contribution is 2.23. The minimum Gasteiger partial charge on any atom is -0.378 e. The highest BCUT2D eigenvalue weighted by molar-refractivity contribution is 9.10. The van der Waals surface area contributed by atoms with Crippen molar-refractivity contribution in [2.45, 2.75) is 33.4 Å². The Labute approximate surface area is 121 Å². The minimum atomic E-state index is -0.246. The zero-order chi connectivity index (χ0) is 13.8. The topological polar surface area (TPSA) is 29.9 Å². The van der Waals surface area contributed by atoms with E-state index in [9.17, 15) is 4.39 Å². The largest absolute Gasteiger partial charge is 0.378 e. The highest BCUT2D eigenvalue weighted by atomic mass is 79.9. The van der Waals surface area contributed by atoms with E-state index in [1.807, 2.05) is 4.68 Å². The van der Waals surface area contributed by atoms with Crippen LogP contribution in [0.1, 0.15) is 25.2 Å². The number of anilines is 1. The van der Waals surface area contributed by atoms with E-state index in [0.717, 1.165) is 34.5 Å². The molecule has 0 spiro atoms. The van der Waals surface area contributed by atoms with E-state index in [1.165, 1.54) is 12.1 Å². The fourth-order valence-corrected chi connectivity index (χ4v) is 2.31. The third-order valence-electron chi connectivity index (χ3n) is 2.96. The first-order valence-electron chi connectivity index (χ1n) is 6.38. The van der Waals surface area contributed by atoms with Gasteiger partial charge in [-0.15, -0.1) is 0 Å². The first-order chi connectivity index (χ1) is 9.13. The molecule has 1 aromatic carbocycles. The van der Waals surface area contributed by atoms with Gasteiger partial charge >= 0.3 is 0 Å². The number of aromatic nitrogens is 2. The molecule has 1 N–H and O–H groups in total. The fourth-order valence-electron chi connectivity index (χ4n) is 1.92. The maximum atomic E-state index is 13.2. The molecule has 0 radical (unpaired) electrons. The Balaban J connectivity index is 2.13. The van der Waals surface area contributed by atoms with Crippen LogP contribution >= 0.6 is 15.9 Å². The summed E-state index contributed by atoms with van der Waals surface area (Å²) in [4.78, 5) is 0. The van der Waals surface area contributed by atoms with Crippen LogP contribution in [-0.4, -0.2) is 9.78 Å². The van der Waals surface area contributed by atoms with E-state index in [-0.39, 0.29) is 5.82 Å². The maximum Gasteiger partial charge on any atom is 0.125 e. The van der Waals surface area contributed by atoms with Crippen molar-refractivity contribution in [2.75, 3.05) is 5.32 Å². The normalized spacial score (nSPS) is 10.7. The number of hydrogen-bond acceptors (Lipinski definition) is 2. The predicted molar refractivity (Wildman–Crippen MR) is 78.7 cm³/mol. The molecule has 0 unspecified atom stereocenters. The van der Waals surface area contributed by atoms with Crippen molar-refractivity contribution in [1.82, 2.24) is 9.78 Å². The second-order valence-corrected chi connectivity index (χ2v) is 5.13. The Morgan fingerprint density at radius 1 is 1.32 bits per heavy atom. The summed E-state index contributed by atoms with van der Waals surface area (Å²) in [7, 11) is 0. The average molecular weight is 326 g/mol. The summed E-state index contributed by atoms with van der Waals surface area (Å²) < 4.78 is 16.0. The van der Waals surface area contributed by atoms with Gasteiger partial charge in [0.15, 0.2) is 0 Å². The Kier molecular flexibility index (Phi) is 4.58. The fraction of sp³-hybridized carbons (Fsp3) is 0.357.